The van der Waals surface area contributed by atoms with Crippen LogP contribution >= 0.6 is 0 Å². The molecule has 1 aliphatic rings. The molecule has 1 heterocycles. The maximum absolute atomic E-state index is 13.3. The number of urea groups is 1. The van der Waals surface area contributed by atoms with E-state index in [1.807, 2.05) is 0 Å². The Balaban J connectivity index is 1.59. The largest absolute Gasteiger partial charge is 0.489 e. The van der Waals surface area contributed by atoms with Crippen LogP contribution in [0.4, 0.5) is 13.6 Å². The Kier molecular flexibility index (Phi) is 5.74. The molecule has 0 spiro atoms. The highest BCUT2D eigenvalue weighted by Gasteiger charge is 2.15. The minimum Gasteiger partial charge on any atom is -0.489 e. The molecule has 7 heteroatoms. The van der Waals surface area contributed by atoms with Crippen LogP contribution in [0.5, 0.6) is 5.75 Å². The average molecular weight is 300 g/mol. The Morgan fingerprint density at radius 2 is 2.24 bits per heavy atom. The normalized spacial score (nSPS) is 17.5. The van der Waals surface area contributed by atoms with Gasteiger partial charge in [-0.25, -0.2) is 13.6 Å². The number of ether oxygens (including phenoxy) is 2. The van der Waals surface area contributed by atoms with Gasteiger partial charge in [0.25, 0.3) is 0 Å². The molecule has 5 nitrogen and oxygen atoms in total. The van der Waals surface area contributed by atoms with Crippen molar-refractivity contribution in [1.29, 1.82) is 0 Å². The first-order valence-electron chi connectivity index (χ1n) is 6.86. The molecule has 1 atom stereocenters. The van der Waals surface area contributed by atoms with Gasteiger partial charge in [0.1, 0.15) is 12.4 Å². The molecule has 1 aromatic carbocycles. The third-order valence-electron chi connectivity index (χ3n) is 3.05. The number of nitrogens with one attached hydrogen (secondary N) is 2. The van der Waals surface area contributed by atoms with E-state index in [9.17, 15) is 13.6 Å². The number of carbonyl (C=O) groups excluding carboxylic acids is 1. The lowest BCUT2D eigenvalue weighted by atomic mass is 10.2. The molecule has 1 saturated heterocycles. The lowest BCUT2D eigenvalue weighted by Crippen LogP contribution is -2.41. The summed E-state index contributed by atoms with van der Waals surface area (Å²) in [5.74, 6) is -1.47. The highest BCUT2D eigenvalue weighted by Crippen LogP contribution is 2.17. The van der Waals surface area contributed by atoms with Crippen LogP contribution in [-0.4, -0.2) is 38.4 Å². The summed E-state index contributed by atoms with van der Waals surface area (Å²) in [4.78, 5) is 11.5. The maximum Gasteiger partial charge on any atom is 0.315 e. The zero-order valence-electron chi connectivity index (χ0n) is 11.5. The third-order valence-corrected chi connectivity index (χ3v) is 3.05. The molecule has 0 saturated carbocycles. The van der Waals surface area contributed by atoms with Crippen LogP contribution in [0.2, 0.25) is 0 Å². The molecule has 1 fully saturated rings. The summed E-state index contributed by atoms with van der Waals surface area (Å²) in [6, 6.07) is 2.74. The molecule has 0 aromatic heterocycles. The maximum atomic E-state index is 13.3. The fourth-order valence-corrected chi connectivity index (χ4v) is 1.99. The average Bonchev–Trinajstić information content (AvgIpc) is 2.96. The lowest BCUT2D eigenvalue weighted by Gasteiger charge is -2.12. The summed E-state index contributed by atoms with van der Waals surface area (Å²) >= 11 is 0. The molecule has 2 rings (SSSR count). The predicted octanol–water partition coefficient (Wildman–Crippen LogP) is 1.82. The van der Waals surface area contributed by atoms with E-state index in [1.165, 1.54) is 6.07 Å². The molecule has 0 bridgehead atoms. The van der Waals surface area contributed by atoms with E-state index in [1.54, 1.807) is 0 Å². The van der Waals surface area contributed by atoms with Gasteiger partial charge in [-0.2, -0.15) is 0 Å². The summed E-state index contributed by atoms with van der Waals surface area (Å²) < 4.78 is 36.4. The van der Waals surface area contributed by atoms with Crippen molar-refractivity contribution in [3.05, 3.63) is 29.8 Å². The highest BCUT2D eigenvalue weighted by atomic mass is 19.1. The number of hydrogen-bond donors (Lipinski definition) is 2. The number of carbonyl (C=O) groups is 1. The summed E-state index contributed by atoms with van der Waals surface area (Å²) in [5, 5.41) is 5.27. The molecule has 2 N–H and O–H groups in total. The minimum atomic E-state index is -0.766. The van der Waals surface area contributed by atoms with Gasteiger partial charge in [0.15, 0.2) is 11.6 Å². The quantitative estimate of drug-likeness (QED) is 0.788. The second kappa shape index (κ2) is 7.78. The van der Waals surface area contributed by atoms with E-state index in [4.69, 9.17) is 9.47 Å². The molecule has 2 amide bonds. The van der Waals surface area contributed by atoms with Crippen molar-refractivity contribution in [2.45, 2.75) is 18.9 Å². The highest BCUT2D eigenvalue weighted by molar-refractivity contribution is 5.73. The van der Waals surface area contributed by atoms with Crippen LogP contribution in [-0.2, 0) is 4.74 Å². The van der Waals surface area contributed by atoms with E-state index in [-0.39, 0.29) is 31.0 Å². The fraction of sp³-hybridized carbons (Fsp3) is 0.500. The third kappa shape index (κ3) is 5.18. The van der Waals surface area contributed by atoms with Crippen molar-refractivity contribution in [3.63, 3.8) is 0 Å². The van der Waals surface area contributed by atoms with Crippen LogP contribution in [0, 0.1) is 11.6 Å². The molecule has 0 aliphatic carbocycles. The van der Waals surface area contributed by atoms with Gasteiger partial charge in [-0.3, -0.25) is 0 Å². The van der Waals surface area contributed by atoms with E-state index < -0.39 is 11.6 Å². The summed E-state index contributed by atoms with van der Waals surface area (Å²) in [5.41, 5.74) is 0. The summed E-state index contributed by atoms with van der Waals surface area (Å²) in [6.45, 7) is 1.52. The number of hydrogen-bond acceptors (Lipinski definition) is 3. The van der Waals surface area contributed by atoms with Crippen molar-refractivity contribution in [3.8, 4) is 5.75 Å². The van der Waals surface area contributed by atoms with E-state index in [0.717, 1.165) is 31.6 Å². The standard InChI is InChI=1S/C14H18F2N2O3/c15-10-3-4-13(12(16)8-10)21-7-5-17-14(19)18-9-11-2-1-6-20-11/h3-4,8,11H,1-2,5-7,9H2,(H2,17,18,19)/t11-/m1/s1. The molecule has 21 heavy (non-hydrogen) atoms. The van der Waals surface area contributed by atoms with Gasteiger partial charge in [0, 0.05) is 19.2 Å². The second-order valence-electron chi connectivity index (χ2n) is 4.70. The number of benzene rings is 1. The van der Waals surface area contributed by atoms with Crippen LogP contribution in [0.3, 0.4) is 0 Å². The van der Waals surface area contributed by atoms with Crippen LogP contribution in [0.15, 0.2) is 18.2 Å². The molecule has 1 aromatic rings. The van der Waals surface area contributed by atoms with Gasteiger partial charge < -0.3 is 20.1 Å². The Hall–Kier alpha value is -1.89. The van der Waals surface area contributed by atoms with Crippen molar-refractivity contribution >= 4 is 6.03 Å². The predicted molar refractivity (Wildman–Crippen MR) is 72.2 cm³/mol. The first-order valence-corrected chi connectivity index (χ1v) is 6.86. The van der Waals surface area contributed by atoms with Gasteiger partial charge >= 0.3 is 6.03 Å². The topological polar surface area (TPSA) is 59.6 Å². The molecule has 0 unspecified atom stereocenters. The van der Waals surface area contributed by atoms with Crippen molar-refractivity contribution in [2.75, 3.05) is 26.3 Å². The first-order chi connectivity index (χ1) is 10.1. The van der Waals surface area contributed by atoms with E-state index in [0.29, 0.717) is 6.54 Å². The Bertz CT molecular complexity index is 479. The number of amides is 2. The molecular weight excluding hydrogens is 282 g/mol. The van der Waals surface area contributed by atoms with Crippen molar-refractivity contribution < 1.29 is 23.0 Å². The van der Waals surface area contributed by atoms with Crippen LogP contribution in [0.25, 0.3) is 0 Å². The first kappa shape index (κ1) is 15.5. The smallest absolute Gasteiger partial charge is 0.315 e. The van der Waals surface area contributed by atoms with Gasteiger partial charge in [-0.15, -0.1) is 0 Å². The molecule has 0 radical (unpaired) electrons. The Labute approximate surface area is 121 Å². The van der Waals surface area contributed by atoms with Crippen molar-refractivity contribution in [2.24, 2.45) is 0 Å². The zero-order valence-corrected chi connectivity index (χ0v) is 11.5. The molecular formula is C14H18F2N2O3. The SMILES string of the molecule is O=C(NCCOc1ccc(F)cc1F)NC[C@H]1CCCO1. The molecule has 1 aliphatic heterocycles. The molecule has 116 valence electrons. The number of rotatable bonds is 6. The van der Waals surface area contributed by atoms with Crippen LogP contribution in [0.1, 0.15) is 12.8 Å². The zero-order chi connectivity index (χ0) is 15.1. The van der Waals surface area contributed by atoms with E-state index >= 15 is 0 Å². The summed E-state index contributed by atoms with van der Waals surface area (Å²) in [7, 11) is 0. The number of halogens is 2. The van der Waals surface area contributed by atoms with Crippen LogP contribution < -0.4 is 15.4 Å². The van der Waals surface area contributed by atoms with Gasteiger partial charge in [-0.05, 0) is 25.0 Å². The summed E-state index contributed by atoms with van der Waals surface area (Å²) in [6.07, 6.45) is 2.05. The second-order valence-corrected chi connectivity index (χ2v) is 4.70. The lowest BCUT2D eigenvalue weighted by molar-refractivity contribution is 0.111. The van der Waals surface area contributed by atoms with Gasteiger partial charge in [-0.1, -0.05) is 0 Å². The monoisotopic (exact) mass is 300 g/mol. The van der Waals surface area contributed by atoms with Gasteiger partial charge in [0.2, 0.25) is 0 Å². The fourth-order valence-electron chi connectivity index (χ4n) is 1.99. The van der Waals surface area contributed by atoms with Gasteiger partial charge in [0.05, 0.1) is 12.6 Å². The van der Waals surface area contributed by atoms with Crippen molar-refractivity contribution in [1.82, 2.24) is 10.6 Å². The Morgan fingerprint density at radius 3 is 2.95 bits per heavy atom. The minimum absolute atomic E-state index is 0.0436. The van der Waals surface area contributed by atoms with E-state index in [2.05, 4.69) is 10.6 Å². The Morgan fingerprint density at radius 1 is 1.38 bits per heavy atom.